The highest BCUT2D eigenvalue weighted by Crippen LogP contribution is 2.12. The van der Waals surface area contributed by atoms with Gasteiger partial charge in [-0.25, -0.2) is 4.39 Å². The van der Waals surface area contributed by atoms with E-state index in [0.717, 1.165) is 23.5 Å². The number of benzene rings is 1. The van der Waals surface area contributed by atoms with Crippen molar-refractivity contribution in [1.29, 1.82) is 0 Å². The molecule has 0 unspecified atom stereocenters. The van der Waals surface area contributed by atoms with E-state index in [0.29, 0.717) is 11.7 Å². The summed E-state index contributed by atoms with van der Waals surface area (Å²) in [7, 11) is 0. The van der Waals surface area contributed by atoms with Gasteiger partial charge in [-0.15, -0.1) is 0 Å². The number of nitrogens with zero attached hydrogens (tertiary/aromatic N) is 2. The van der Waals surface area contributed by atoms with Crippen LogP contribution in [0.5, 0.6) is 0 Å². The average molecular weight is 292 g/mol. The smallest absolute Gasteiger partial charge is 0.171 e. The number of anilines is 1. The summed E-state index contributed by atoms with van der Waals surface area (Å²) >= 11 is 5.23. The number of rotatable bonds is 4. The first-order chi connectivity index (χ1) is 9.58. The third-order valence-electron chi connectivity index (χ3n) is 2.88. The van der Waals surface area contributed by atoms with E-state index in [1.807, 2.05) is 24.7 Å². The zero-order chi connectivity index (χ0) is 14.5. The van der Waals surface area contributed by atoms with Crippen LogP contribution in [-0.2, 0) is 13.1 Å². The molecule has 0 spiro atoms. The highest BCUT2D eigenvalue weighted by Gasteiger charge is 2.05. The minimum absolute atomic E-state index is 0.239. The molecule has 0 aliphatic carbocycles. The molecule has 1 aromatic carbocycles. The molecule has 6 heteroatoms. The Labute approximate surface area is 123 Å². The molecule has 2 aromatic rings. The molecule has 0 aliphatic rings. The van der Waals surface area contributed by atoms with Crippen LogP contribution in [-0.4, -0.2) is 14.9 Å². The van der Waals surface area contributed by atoms with Crippen LogP contribution in [0.1, 0.15) is 18.2 Å². The molecule has 1 aromatic heterocycles. The van der Waals surface area contributed by atoms with Crippen LogP contribution >= 0.6 is 12.2 Å². The van der Waals surface area contributed by atoms with Gasteiger partial charge in [-0.3, -0.25) is 4.68 Å². The summed E-state index contributed by atoms with van der Waals surface area (Å²) in [5.74, 6) is -0.239. The first-order valence-corrected chi connectivity index (χ1v) is 6.82. The van der Waals surface area contributed by atoms with E-state index in [2.05, 4.69) is 15.7 Å². The highest BCUT2D eigenvalue weighted by molar-refractivity contribution is 7.80. The second-order valence-electron chi connectivity index (χ2n) is 4.42. The Morgan fingerprint density at radius 3 is 2.65 bits per heavy atom. The maximum atomic E-state index is 12.8. The van der Waals surface area contributed by atoms with E-state index in [1.165, 1.54) is 12.1 Å². The van der Waals surface area contributed by atoms with Gasteiger partial charge in [0.2, 0.25) is 0 Å². The van der Waals surface area contributed by atoms with Gasteiger partial charge in [0.05, 0.1) is 11.4 Å². The van der Waals surface area contributed by atoms with Crippen molar-refractivity contribution in [2.24, 2.45) is 0 Å². The van der Waals surface area contributed by atoms with Crippen molar-refractivity contribution in [3.8, 4) is 0 Å². The van der Waals surface area contributed by atoms with Crippen LogP contribution in [0, 0.1) is 12.7 Å². The molecule has 0 aliphatic heterocycles. The standard InChI is InChI=1S/C14H17FN4S/c1-3-19-9-13(10(2)18-19)17-14(20)16-8-11-4-6-12(15)7-5-11/h4-7,9H,3,8H2,1-2H3,(H2,16,17,20). The number of hydrogen-bond acceptors (Lipinski definition) is 2. The van der Waals surface area contributed by atoms with Gasteiger partial charge in [0.25, 0.3) is 0 Å². The predicted molar refractivity (Wildman–Crippen MR) is 82.1 cm³/mol. The molecule has 2 N–H and O–H groups in total. The van der Waals surface area contributed by atoms with E-state index < -0.39 is 0 Å². The molecule has 0 radical (unpaired) electrons. The molecule has 0 fully saturated rings. The predicted octanol–water partition coefficient (Wildman–Crippen LogP) is 2.84. The molecule has 0 amide bonds. The molecular weight excluding hydrogens is 275 g/mol. The number of nitrogens with one attached hydrogen (secondary N) is 2. The Balaban J connectivity index is 1.89. The fourth-order valence-electron chi connectivity index (χ4n) is 1.75. The van der Waals surface area contributed by atoms with Gasteiger partial charge in [0.15, 0.2) is 5.11 Å². The third-order valence-corrected chi connectivity index (χ3v) is 3.13. The lowest BCUT2D eigenvalue weighted by Gasteiger charge is -2.09. The van der Waals surface area contributed by atoms with Crippen molar-refractivity contribution in [1.82, 2.24) is 15.1 Å². The van der Waals surface area contributed by atoms with Gasteiger partial charge in [0.1, 0.15) is 5.82 Å². The van der Waals surface area contributed by atoms with Crippen molar-refractivity contribution in [2.45, 2.75) is 26.9 Å². The molecule has 106 valence electrons. The summed E-state index contributed by atoms with van der Waals surface area (Å²) in [5, 5.41) is 11.0. The molecule has 0 atom stereocenters. The van der Waals surface area contributed by atoms with Crippen LogP contribution in [0.4, 0.5) is 10.1 Å². The number of halogens is 1. The molecule has 20 heavy (non-hydrogen) atoms. The summed E-state index contributed by atoms with van der Waals surface area (Å²) in [6.07, 6.45) is 1.92. The molecule has 0 bridgehead atoms. The minimum Gasteiger partial charge on any atom is -0.358 e. The van der Waals surface area contributed by atoms with Gasteiger partial charge in [-0.05, 0) is 43.8 Å². The van der Waals surface area contributed by atoms with Gasteiger partial charge in [-0.1, -0.05) is 12.1 Å². The zero-order valence-electron chi connectivity index (χ0n) is 11.5. The van der Waals surface area contributed by atoms with Crippen LogP contribution in [0.15, 0.2) is 30.5 Å². The monoisotopic (exact) mass is 292 g/mol. The number of thiocarbonyl (C=S) groups is 1. The van der Waals surface area contributed by atoms with Crippen LogP contribution in [0.2, 0.25) is 0 Å². The van der Waals surface area contributed by atoms with E-state index >= 15 is 0 Å². The average Bonchev–Trinajstić information content (AvgIpc) is 2.79. The highest BCUT2D eigenvalue weighted by atomic mass is 32.1. The van der Waals surface area contributed by atoms with Crippen molar-refractivity contribution in [3.05, 3.63) is 47.5 Å². The maximum absolute atomic E-state index is 12.8. The van der Waals surface area contributed by atoms with E-state index in [4.69, 9.17) is 12.2 Å². The molecule has 2 rings (SSSR count). The first kappa shape index (κ1) is 14.5. The molecule has 0 saturated carbocycles. The third kappa shape index (κ3) is 3.77. The lowest BCUT2D eigenvalue weighted by atomic mass is 10.2. The quantitative estimate of drug-likeness (QED) is 0.850. The zero-order valence-corrected chi connectivity index (χ0v) is 12.3. The largest absolute Gasteiger partial charge is 0.358 e. The van der Waals surface area contributed by atoms with Gasteiger partial charge >= 0.3 is 0 Å². The summed E-state index contributed by atoms with van der Waals surface area (Å²) in [6, 6.07) is 6.32. The normalized spacial score (nSPS) is 10.3. The first-order valence-electron chi connectivity index (χ1n) is 6.42. The van der Waals surface area contributed by atoms with Crippen LogP contribution in [0.25, 0.3) is 0 Å². The topological polar surface area (TPSA) is 41.9 Å². The Morgan fingerprint density at radius 1 is 1.35 bits per heavy atom. The summed E-state index contributed by atoms with van der Waals surface area (Å²) in [4.78, 5) is 0. The van der Waals surface area contributed by atoms with E-state index in [-0.39, 0.29) is 5.82 Å². The minimum atomic E-state index is -0.239. The Kier molecular flexibility index (Phi) is 4.68. The molecule has 0 saturated heterocycles. The lowest BCUT2D eigenvalue weighted by molar-refractivity contribution is 0.627. The van der Waals surface area contributed by atoms with Gasteiger partial charge in [-0.2, -0.15) is 5.10 Å². The van der Waals surface area contributed by atoms with Crippen molar-refractivity contribution in [2.75, 3.05) is 5.32 Å². The summed E-state index contributed by atoms with van der Waals surface area (Å²) in [6.45, 7) is 5.32. The van der Waals surface area contributed by atoms with Crippen molar-refractivity contribution < 1.29 is 4.39 Å². The van der Waals surface area contributed by atoms with Crippen LogP contribution < -0.4 is 10.6 Å². The second kappa shape index (κ2) is 6.47. The lowest BCUT2D eigenvalue weighted by Crippen LogP contribution is -2.28. The SMILES string of the molecule is CCn1cc(NC(=S)NCc2ccc(F)cc2)c(C)n1. The van der Waals surface area contributed by atoms with E-state index in [9.17, 15) is 4.39 Å². The second-order valence-corrected chi connectivity index (χ2v) is 4.83. The Morgan fingerprint density at radius 2 is 2.05 bits per heavy atom. The fraction of sp³-hybridized carbons (Fsp3) is 0.286. The van der Waals surface area contributed by atoms with Gasteiger partial charge < -0.3 is 10.6 Å². The van der Waals surface area contributed by atoms with Crippen LogP contribution in [0.3, 0.4) is 0 Å². The fourth-order valence-corrected chi connectivity index (χ4v) is 1.94. The molecular formula is C14H17FN4S. The van der Waals surface area contributed by atoms with Crippen molar-refractivity contribution >= 4 is 23.0 Å². The molecule has 1 heterocycles. The number of aromatic nitrogens is 2. The van der Waals surface area contributed by atoms with Gasteiger partial charge in [0, 0.05) is 19.3 Å². The molecule has 4 nitrogen and oxygen atoms in total. The number of aryl methyl sites for hydroxylation is 2. The van der Waals surface area contributed by atoms with E-state index in [1.54, 1.807) is 12.1 Å². The van der Waals surface area contributed by atoms with Crippen molar-refractivity contribution in [3.63, 3.8) is 0 Å². The Bertz CT molecular complexity index is 592. The summed E-state index contributed by atoms with van der Waals surface area (Å²) in [5.41, 5.74) is 2.76. The maximum Gasteiger partial charge on any atom is 0.171 e. The summed E-state index contributed by atoms with van der Waals surface area (Å²) < 4.78 is 14.6. The Hall–Kier alpha value is -1.95. The number of hydrogen-bond donors (Lipinski definition) is 2.